The number of amides is 3. The minimum atomic E-state index is -0.916. The molecule has 0 aromatic rings. The molecule has 1 spiro atoms. The van der Waals surface area contributed by atoms with E-state index >= 15 is 0 Å². The van der Waals surface area contributed by atoms with Gasteiger partial charge in [0.2, 0.25) is 0 Å². The van der Waals surface area contributed by atoms with Crippen molar-refractivity contribution >= 4 is 17.9 Å². The second-order valence-corrected chi connectivity index (χ2v) is 4.91. The first kappa shape index (κ1) is 14.3. The van der Waals surface area contributed by atoms with Gasteiger partial charge >= 0.3 is 12.0 Å². The number of carbonyl (C=O) groups is 3. The van der Waals surface area contributed by atoms with Gasteiger partial charge < -0.3 is 10.1 Å². The first-order valence-electron chi connectivity index (χ1n) is 6.32. The standard InChI is InChI=1S/C12H16N4O4/c1-20-9(17)8-15-5-2-12(3-6-15)10(18)16(7-4-13)11(19)14-12/h2-3,5-8H2,1H3,(H,14,19). The summed E-state index contributed by atoms with van der Waals surface area (Å²) < 4.78 is 4.60. The molecule has 0 aromatic heterocycles. The fourth-order valence-corrected chi connectivity index (χ4v) is 2.57. The van der Waals surface area contributed by atoms with Gasteiger partial charge in [-0.05, 0) is 12.8 Å². The highest BCUT2D eigenvalue weighted by Gasteiger charge is 2.52. The van der Waals surface area contributed by atoms with E-state index in [1.165, 1.54) is 7.11 Å². The number of nitrogens with one attached hydrogen (secondary N) is 1. The number of ether oxygens (including phenoxy) is 1. The molecule has 3 amide bonds. The van der Waals surface area contributed by atoms with Crippen molar-refractivity contribution in [1.29, 1.82) is 5.26 Å². The Labute approximate surface area is 116 Å². The van der Waals surface area contributed by atoms with Crippen LogP contribution in [0.15, 0.2) is 0 Å². The van der Waals surface area contributed by atoms with Crippen molar-refractivity contribution in [3.63, 3.8) is 0 Å². The fourth-order valence-electron chi connectivity index (χ4n) is 2.57. The third-order valence-corrected chi connectivity index (χ3v) is 3.76. The molecule has 8 heteroatoms. The number of esters is 1. The molecular weight excluding hydrogens is 264 g/mol. The number of methoxy groups -OCH3 is 1. The van der Waals surface area contributed by atoms with E-state index in [1.54, 1.807) is 0 Å². The van der Waals surface area contributed by atoms with Crippen LogP contribution in [0.3, 0.4) is 0 Å². The van der Waals surface area contributed by atoms with Crippen LogP contribution in [0.4, 0.5) is 4.79 Å². The third-order valence-electron chi connectivity index (χ3n) is 3.76. The Morgan fingerprint density at radius 1 is 1.45 bits per heavy atom. The molecule has 0 atom stereocenters. The smallest absolute Gasteiger partial charge is 0.325 e. The van der Waals surface area contributed by atoms with Crippen LogP contribution in [-0.2, 0) is 14.3 Å². The summed E-state index contributed by atoms with van der Waals surface area (Å²) in [5, 5.41) is 11.3. The average molecular weight is 280 g/mol. The number of nitriles is 1. The molecule has 2 saturated heterocycles. The summed E-state index contributed by atoms with van der Waals surface area (Å²) in [5.74, 6) is -0.671. The Hall–Kier alpha value is -2.14. The van der Waals surface area contributed by atoms with Crippen molar-refractivity contribution in [2.24, 2.45) is 0 Å². The van der Waals surface area contributed by atoms with Crippen molar-refractivity contribution < 1.29 is 19.1 Å². The molecule has 0 bridgehead atoms. The summed E-state index contributed by atoms with van der Waals surface area (Å²) in [6.45, 7) is 0.970. The minimum Gasteiger partial charge on any atom is -0.468 e. The van der Waals surface area contributed by atoms with Crippen molar-refractivity contribution in [1.82, 2.24) is 15.1 Å². The number of rotatable bonds is 3. The van der Waals surface area contributed by atoms with E-state index in [-0.39, 0.29) is 25.0 Å². The molecule has 0 unspecified atom stereocenters. The maximum atomic E-state index is 12.2. The van der Waals surface area contributed by atoms with E-state index in [9.17, 15) is 14.4 Å². The van der Waals surface area contributed by atoms with Gasteiger partial charge in [0.05, 0.1) is 19.7 Å². The van der Waals surface area contributed by atoms with Gasteiger partial charge in [0.15, 0.2) is 0 Å². The molecule has 1 N–H and O–H groups in total. The number of nitrogens with zero attached hydrogens (tertiary/aromatic N) is 3. The number of imide groups is 1. The quantitative estimate of drug-likeness (QED) is 0.407. The minimum absolute atomic E-state index is 0.177. The van der Waals surface area contributed by atoms with Crippen molar-refractivity contribution in [2.75, 3.05) is 33.3 Å². The summed E-state index contributed by atoms with van der Waals surface area (Å²) in [7, 11) is 1.33. The lowest BCUT2D eigenvalue weighted by Crippen LogP contribution is -2.55. The zero-order valence-corrected chi connectivity index (χ0v) is 11.2. The van der Waals surface area contributed by atoms with Gasteiger partial charge in [0.25, 0.3) is 5.91 Å². The molecule has 2 rings (SSSR count). The zero-order valence-electron chi connectivity index (χ0n) is 11.2. The van der Waals surface area contributed by atoms with Gasteiger partial charge in [0, 0.05) is 13.1 Å². The molecule has 2 heterocycles. The largest absolute Gasteiger partial charge is 0.468 e. The first-order chi connectivity index (χ1) is 9.52. The number of piperidine rings is 1. The predicted octanol–water partition coefficient (Wildman–Crippen LogP) is -0.931. The Kier molecular flexibility index (Phi) is 3.90. The molecule has 0 radical (unpaired) electrons. The maximum Gasteiger partial charge on any atom is 0.325 e. The number of hydrogen-bond donors (Lipinski definition) is 1. The maximum absolute atomic E-state index is 12.2. The van der Waals surface area contributed by atoms with E-state index < -0.39 is 11.6 Å². The lowest BCUT2D eigenvalue weighted by molar-refractivity contribution is -0.142. The third kappa shape index (κ3) is 2.44. The van der Waals surface area contributed by atoms with Crippen LogP contribution in [0.25, 0.3) is 0 Å². The van der Waals surface area contributed by atoms with Crippen LogP contribution < -0.4 is 5.32 Å². The van der Waals surface area contributed by atoms with Crippen LogP contribution >= 0.6 is 0 Å². The SMILES string of the molecule is COC(=O)CN1CCC2(CC1)NC(=O)N(CC#N)C2=O. The number of hydrogen-bond acceptors (Lipinski definition) is 6. The number of urea groups is 1. The summed E-state index contributed by atoms with van der Waals surface area (Å²) in [5.41, 5.74) is -0.916. The molecule has 20 heavy (non-hydrogen) atoms. The van der Waals surface area contributed by atoms with E-state index in [4.69, 9.17) is 5.26 Å². The Bertz CT molecular complexity index is 476. The van der Waals surface area contributed by atoms with Gasteiger partial charge in [-0.2, -0.15) is 5.26 Å². The Balaban J connectivity index is 1.99. The van der Waals surface area contributed by atoms with Crippen LogP contribution in [-0.4, -0.2) is 66.5 Å². The molecule has 8 nitrogen and oxygen atoms in total. The molecule has 2 aliphatic rings. The normalized spacial score (nSPS) is 21.7. The molecule has 2 fully saturated rings. The predicted molar refractivity (Wildman–Crippen MR) is 66.3 cm³/mol. The molecule has 0 saturated carbocycles. The molecule has 0 aromatic carbocycles. The summed E-state index contributed by atoms with van der Waals surface area (Å²) in [6, 6.07) is 1.29. The second-order valence-electron chi connectivity index (χ2n) is 4.91. The van der Waals surface area contributed by atoms with E-state index in [2.05, 4.69) is 10.1 Å². The van der Waals surface area contributed by atoms with E-state index in [1.807, 2.05) is 11.0 Å². The van der Waals surface area contributed by atoms with Crippen molar-refractivity contribution in [3.8, 4) is 6.07 Å². The van der Waals surface area contributed by atoms with Gasteiger partial charge in [-0.15, -0.1) is 0 Å². The van der Waals surface area contributed by atoms with E-state index in [0.29, 0.717) is 25.9 Å². The van der Waals surface area contributed by atoms with Crippen LogP contribution in [0.2, 0.25) is 0 Å². The van der Waals surface area contributed by atoms with Gasteiger partial charge in [0.1, 0.15) is 12.1 Å². The molecular formula is C12H16N4O4. The van der Waals surface area contributed by atoms with Crippen molar-refractivity contribution in [2.45, 2.75) is 18.4 Å². The Morgan fingerprint density at radius 2 is 2.10 bits per heavy atom. The molecule has 0 aliphatic carbocycles. The molecule has 108 valence electrons. The highest BCUT2D eigenvalue weighted by molar-refractivity contribution is 6.07. The van der Waals surface area contributed by atoms with Crippen LogP contribution in [0, 0.1) is 11.3 Å². The summed E-state index contributed by atoms with van der Waals surface area (Å²) in [6.07, 6.45) is 0.854. The van der Waals surface area contributed by atoms with Gasteiger partial charge in [-0.25, -0.2) is 9.69 Å². The highest BCUT2D eigenvalue weighted by atomic mass is 16.5. The first-order valence-corrected chi connectivity index (χ1v) is 6.32. The van der Waals surface area contributed by atoms with Crippen LogP contribution in [0.1, 0.15) is 12.8 Å². The molecule has 2 aliphatic heterocycles. The van der Waals surface area contributed by atoms with Gasteiger partial charge in [-0.3, -0.25) is 14.5 Å². The zero-order chi connectivity index (χ0) is 14.8. The van der Waals surface area contributed by atoms with Crippen LogP contribution in [0.5, 0.6) is 0 Å². The average Bonchev–Trinajstić information content (AvgIpc) is 2.66. The lowest BCUT2D eigenvalue weighted by atomic mass is 9.87. The summed E-state index contributed by atoms with van der Waals surface area (Å²) in [4.78, 5) is 38.0. The van der Waals surface area contributed by atoms with Crippen molar-refractivity contribution in [3.05, 3.63) is 0 Å². The Morgan fingerprint density at radius 3 is 2.65 bits per heavy atom. The highest BCUT2D eigenvalue weighted by Crippen LogP contribution is 2.29. The second kappa shape index (κ2) is 5.46. The number of carbonyl (C=O) groups excluding carboxylic acids is 3. The van der Waals surface area contributed by atoms with E-state index in [0.717, 1.165) is 4.90 Å². The number of likely N-dealkylation sites (tertiary alicyclic amines) is 1. The summed E-state index contributed by atoms with van der Waals surface area (Å²) >= 11 is 0. The van der Waals surface area contributed by atoms with Gasteiger partial charge in [-0.1, -0.05) is 0 Å². The fraction of sp³-hybridized carbons (Fsp3) is 0.667. The lowest BCUT2D eigenvalue weighted by Gasteiger charge is -2.36. The topological polar surface area (TPSA) is 103 Å². The monoisotopic (exact) mass is 280 g/mol.